The summed E-state index contributed by atoms with van der Waals surface area (Å²) in [6.07, 6.45) is 3.06. The van der Waals surface area contributed by atoms with Crippen LogP contribution in [-0.2, 0) is 4.79 Å². The zero-order valence-electron chi connectivity index (χ0n) is 12.1. The topological polar surface area (TPSA) is 29.5 Å². The Morgan fingerprint density at radius 1 is 1.21 bits per heavy atom. The number of ether oxygens (including phenoxy) is 1. The van der Waals surface area contributed by atoms with Gasteiger partial charge in [-0.05, 0) is 51.7 Å². The molecule has 2 rings (SSSR count). The quantitative estimate of drug-likeness (QED) is 0.837. The molecule has 1 saturated heterocycles. The molecule has 0 radical (unpaired) electrons. The standard InChI is InChI=1S/C16H23NO2/c1-12-7-8-15(13(2)11-12)19-14(3)16(18)17-9-5-4-6-10-17/h7-8,11,14H,4-6,9-10H2,1-3H3/t14-/m0/s1. The lowest BCUT2D eigenvalue weighted by Crippen LogP contribution is -2.43. The number of hydrogen-bond acceptors (Lipinski definition) is 2. The number of nitrogens with zero attached hydrogens (tertiary/aromatic N) is 1. The van der Waals surface area contributed by atoms with E-state index >= 15 is 0 Å². The average Bonchev–Trinajstić information content (AvgIpc) is 2.42. The number of carbonyl (C=O) groups is 1. The predicted octanol–water partition coefficient (Wildman–Crippen LogP) is 3.08. The van der Waals surface area contributed by atoms with Gasteiger partial charge in [0, 0.05) is 13.1 Å². The van der Waals surface area contributed by atoms with E-state index in [0.29, 0.717) is 0 Å². The molecule has 0 aromatic heterocycles. The Labute approximate surface area is 115 Å². The predicted molar refractivity (Wildman–Crippen MR) is 76.4 cm³/mol. The average molecular weight is 261 g/mol. The molecule has 1 aliphatic rings. The molecule has 1 aliphatic heterocycles. The van der Waals surface area contributed by atoms with Crippen molar-refractivity contribution in [2.75, 3.05) is 13.1 Å². The van der Waals surface area contributed by atoms with Crippen LogP contribution in [0.5, 0.6) is 5.75 Å². The third-order valence-corrected chi connectivity index (χ3v) is 3.65. The van der Waals surface area contributed by atoms with Crippen LogP contribution in [0.1, 0.15) is 37.3 Å². The molecule has 1 aromatic carbocycles. The fourth-order valence-electron chi connectivity index (χ4n) is 2.54. The zero-order valence-corrected chi connectivity index (χ0v) is 12.1. The van der Waals surface area contributed by atoms with Crippen LogP contribution in [0.2, 0.25) is 0 Å². The van der Waals surface area contributed by atoms with Gasteiger partial charge in [0.25, 0.3) is 5.91 Å². The molecule has 3 nitrogen and oxygen atoms in total. The summed E-state index contributed by atoms with van der Waals surface area (Å²) in [5, 5.41) is 0. The van der Waals surface area contributed by atoms with Crippen LogP contribution in [-0.4, -0.2) is 30.0 Å². The van der Waals surface area contributed by atoms with Gasteiger partial charge in [0.15, 0.2) is 6.10 Å². The largest absolute Gasteiger partial charge is 0.481 e. The minimum absolute atomic E-state index is 0.111. The van der Waals surface area contributed by atoms with E-state index in [9.17, 15) is 4.79 Å². The summed E-state index contributed by atoms with van der Waals surface area (Å²) in [4.78, 5) is 14.2. The molecule has 19 heavy (non-hydrogen) atoms. The van der Waals surface area contributed by atoms with E-state index in [1.165, 1.54) is 12.0 Å². The smallest absolute Gasteiger partial charge is 0.263 e. The van der Waals surface area contributed by atoms with Crippen molar-refractivity contribution < 1.29 is 9.53 Å². The molecule has 0 unspecified atom stereocenters. The highest BCUT2D eigenvalue weighted by Gasteiger charge is 2.23. The van der Waals surface area contributed by atoms with Crippen molar-refractivity contribution in [1.82, 2.24) is 4.90 Å². The number of aryl methyl sites for hydroxylation is 2. The Morgan fingerprint density at radius 3 is 2.53 bits per heavy atom. The van der Waals surface area contributed by atoms with E-state index in [2.05, 4.69) is 13.0 Å². The molecule has 1 aromatic rings. The molecular weight excluding hydrogens is 238 g/mol. The molecule has 0 bridgehead atoms. The lowest BCUT2D eigenvalue weighted by molar-refractivity contribution is -0.138. The van der Waals surface area contributed by atoms with Crippen LogP contribution in [0.4, 0.5) is 0 Å². The van der Waals surface area contributed by atoms with Crippen LogP contribution >= 0.6 is 0 Å². The number of carbonyl (C=O) groups excluding carboxylic acids is 1. The lowest BCUT2D eigenvalue weighted by Gasteiger charge is -2.29. The molecule has 0 spiro atoms. The van der Waals surface area contributed by atoms with Gasteiger partial charge in [0.2, 0.25) is 0 Å². The number of rotatable bonds is 3. The van der Waals surface area contributed by atoms with Gasteiger partial charge >= 0.3 is 0 Å². The van der Waals surface area contributed by atoms with Gasteiger partial charge in [-0.15, -0.1) is 0 Å². The van der Waals surface area contributed by atoms with Crippen molar-refractivity contribution in [2.45, 2.75) is 46.1 Å². The molecule has 1 heterocycles. The van der Waals surface area contributed by atoms with E-state index in [0.717, 1.165) is 37.2 Å². The van der Waals surface area contributed by atoms with Crippen molar-refractivity contribution in [3.63, 3.8) is 0 Å². The summed E-state index contributed by atoms with van der Waals surface area (Å²) < 4.78 is 5.82. The van der Waals surface area contributed by atoms with E-state index in [-0.39, 0.29) is 5.91 Å². The van der Waals surface area contributed by atoms with Crippen molar-refractivity contribution in [3.8, 4) is 5.75 Å². The minimum atomic E-state index is -0.403. The summed E-state index contributed by atoms with van der Waals surface area (Å²) in [7, 11) is 0. The first-order valence-corrected chi connectivity index (χ1v) is 7.10. The molecule has 1 atom stereocenters. The van der Waals surface area contributed by atoms with Crippen LogP contribution in [0.3, 0.4) is 0 Å². The maximum absolute atomic E-state index is 12.3. The highest BCUT2D eigenvalue weighted by atomic mass is 16.5. The second-order valence-electron chi connectivity index (χ2n) is 5.41. The molecule has 0 aliphatic carbocycles. The fourth-order valence-corrected chi connectivity index (χ4v) is 2.54. The zero-order chi connectivity index (χ0) is 13.8. The summed E-state index contributed by atoms with van der Waals surface area (Å²) in [5.74, 6) is 0.920. The van der Waals surface area contributed by atoms with Gasteiger partial charge in [-0.1, -0.05) is 17.7 Å². The second kappa shape index (κ2) is 6.09. The lowest BCUT2D eigenvalue weighted by atomic mass is 10.1. The Bertz CT molecular complexity index is 450. The van der Waals surface area contributed by atoms with Gasteiger partial charge in [0.1, 0.15) is 5.75 Å². The van der Waals surface area contributed by atoms with Gasteiger partial charge in [-0.25, -0.2) is 0 Å². The molecular formula is C16H23NO2. The number of hydrogen-bond donors (Lipinski definition) is 0. The number of likely N-dealkylation sites (tertiary alicyclic amines) is 1. The third kappa shape index (κ3) is 3.49. The molecule has 3 heteroatoms. The summed E-state index contributed by atoms with van der Waals surface area (Å²) >= 11 is 0. The van der Waals surface area contributed by atoms with E-state index in [1.807, 2.05) is 30.9 Å². The molecule has 1 fully saturated rings. The first kappa shape index (κ1) is 13.9. The van der Waals surface area contributed by atoms with Gasteiger partial charge in [-0.2, -0.15) is 0 Å². The maximum Gasteiger partial charge on any atom is 0.263 e. The summed E-state index contributed by atoms with van der Waals surface area (Å²) in [6, 6.07) is 6.04. The maximum atomic E-state index is 12.3. The van der Waals surface area contributed by atoms with E-state index < -0.39 is 6.10 Å². The van der Waals surface area contributed by atoms with Crippen molar-refractivity contribution >= 4 is 5.91 Å². The van der Waals surface area contributed by atoms with Crippen LogP contribution in [0, 0.1) is 13.8 Å². The highest BCUT2D eigenvalue weighted by Crippen LogP contribution is 2.21. The molecule has 0 N–H and O–H groups in total. The van der Waals surface area contributed by atoms with Gasteiger partial charge in [0.05, 0.1) is 0 Å². The fraction of sp³-hybridized carbons (Fsp3) is 0.562. The normalized spacial score (nSPS) is 17.1. The minimum Gasteiger partial charge on any atom is -0.481 e. The van der Waals surface area contributed by atoms with Crippen LogP contribution < -0.4 is 4.74 Å². The Hall–Kier alpha value is -1.51. The molecule has 1 amide bonds. The first-order valence-electron chi connectivity index (χ1n) is 7.10. The number of piperidine rings is 1. The first-order chi connectivity index (χ1) is 9.08. The third-order valence-electron chi connectivity index (χ3n) is 3.65. The Morgan fingerprint density at radius 2 is 1.89 bits per heavy atom. The van der Waals surface area contributed by atoms with E-state index in [4.69, 9.17) is 4.74 Å². The summed E-state index contributed by atoms with van der Waals surface area (Å²) in [6.45, 7) is 7.66. The second-order valence-corrected chi connectivity index (χ2v) is 5.41. The van der Waals surface area contributed by atoms with Gasteiger partial charge < -0.3 is 9.64 Å². The number of benzene rings is 1. The van der Waals surface area contributed by atoms with Crippen LogP contribution in [0.25, 0.3) is 0 Å². The van der Waals surface area contributed by atoms with Gasteiger partial charge in [-0.3, -0.25) is 4.79 Å². The monoisotopic (exact) mass is 261 g/mol. The van der Waals surface area contributed by atoms with Crippen LogP contribution in [0.15, 0.2) is 18.2 Å². The Balaban J connectivity index is 1.99. The van der Waals surface area contributed by atoms with Crippen molar-refractivity contribution in [1.29, 1.82) is 0 Å². The highest BCUT2D eigenvalue weighted by molar-refractivity contribution is 5.81. The van der Waals surface area contributed by atoms with Crippen molar-refractivity contribution in [3.05, 3.63) is 29.3 Å². The Kier molecular flexibility index (Phi) is 4.46. The SMILES string of the molecule is Cc1ccc(O[C@@H](C)C(=O)N2CCCCC2)c(C)c1. The summed E-state index contributed by atoms with van der Waals surface area (Å²) in [5.41, 5.74) is 2.29. The van der Waals surface area contributed by atoms with E-state index in [1.54, 1.807) is 0 Å². The molecule has 0 saturated carbocycles. The number of amides is 1. The molecule has 104 valence electrons. The van der Waals surface area contributed by atoms with Crippen molar-refractivity contribution in [2.24, 2.45) is 0 Å².